The Balaban J connectivity index is 2.16. The summed E-state index contributed by atoms with van der Waals surface area (Å²) in [5, 5.41) is 11.6. The van der Waals surface area contributed by atoms with Crippen molar-refractivity contribution in [2.75, 3.05) is 0 Å². The van der Waals surface area contributed by atoms with E-state index in [1.807, 2.05) is 6.92 Å². The highest BCUT2D eigenvalue weighted by atomic mass is 32.2. The first kappa shape index (κ1) is 15.1. The van der Waals surface area contributed by atoms with Gasteiger partial charge in [-0.3, -0.25) is 0 Å². The number of nitrogens with zero attached hydrogens (tertiary/aromatic N) is 1. The third-order valence-corrected chi connectivity index (χ3v) is 4.90. The number of aliphatic hydroxyl groups is 1. The van der Waals surface area contributed by atoms with E-state index in [4.69, 9.17) is 0 Å². The summed E-state index contributed by atoms with van der Waals surface area (Å²) >= 11 is 1.42. The van der Waals surface area contributed by atoms with Gasteiger partial charge in [-0.1, -0.05) is 19.1 Å². The summed E-state index contributed by atoms with van der Waals surface area (Å²) in [7, 11) is -3.60. The Bertz CT molecular complexity index is 654. The molecule has 2 N–H and O–H groups in total. The largest absolute Gasteiger partial charge is 0.388 e. The third kappa shape index (κ3) is 3.63. The van der Waals surface area contributed by atoms with E-state index in [2.05, 4.69) is 9.71 Å². The van der Waals surface area contributed by atoms with Gasteiger partial charge in [0, 0.05) is 5.38 Å². The van der Waals surface area contributed by atoms with Crippen LogP contribution in [0.5, 0.6) is 0 Å². The lowest BCUT2D eigenvalue weighted by Crippen LogP contribution is -2.23. The van der Waals surface area contributed by atoms with Crippen LogP contribution in [0.25, 0.3) is 0 Å². The Morgan fingerprint density at radius 2 is 2.25 bits per heavy atom. The van der Waals surface area contributed by atoms with Gasteiger partial charge in [0.2, 0.25) is 10.0 Å². The van der Waals surface area contributed by atoms with Crippen LogP contribution >= 0.6 is 11.3 Å². The molecule has 1 aromatic carbocycles. The van der Waals surface area contributed by atoms with Gasteiger partial charge >= 0.3 is 0 Å². The van der Waals surface area contributed by atoms with Gasteiger partial charge < -0.3 is 5.11 Å². The highest BCUT2D eigenvalue weighted by molar-refractivity contribution is 7.89. The molecule has 0 saturated heterocycles. The van der Waals surface area contributed by atoms with E-state index in [-0.39, 0.29) is 11.4 Å². The van der Waals surface area contributed by atoms with Crippen LogP contribution in [0.4, 0.5) is 0 Å². The molecule has 0 amide bonds. The Hall–Kier alpha value is -1.28. The number of benzene rings is 1. The van der Waals surface area contributed by atoms with E-state index < -0.39 is 16.1 Å². The molecule has 1 atom stereocenters. The molecule has 7 heteroatoms. The maximum Gasteiger partial charge on any atom is 0.240 e. The lowest BCUT2D eigenvalue weighted by molar-refractivity contribution is 0.173. The van der Waals surface area contributed by atoms with Crippen LogP contribution < -0.4 is 4.72 Å². The molecule has 0 aliphatic heterocycles. The second-order valence-electron chi connectivity index (χ2n) is 4.30. The molecular formula is C13H16N2O3S2. The molecule has 5 nitrogen and oxygen atoms in total. The predicted molar refractivity (Wildman–Crippen MR) is 77.8 cm³/mol. The molecule has 0 bridgehead atoms. The second kappa shape index (κ2) is 6.45. The Kier molecular flexibility index (Phi) is 4.87. The first-order valence-electron chi connectivity index (χ1n) is 6.17. The number of aliphatic hydroxyl groups excluding tert-OH is 1. The van der Waals surface area contributed by atoms with E-state index in [9.17, 15) is 13.5 Å². The first-order chi connectivity index (χ1) is 9.53. The molecule has 1 unspecified atom stereocenters. The summed E-state index contributed by atoms with van der Waals surface area (Å²) in [6.45, 7) is 2.00. The fourth-order valence-electron chi connectivity index (χ4n) is 1.70. The van der Waals surface area contributed by atoms with Crippen LogP contribution in [0.15, 0.2) is 40.1 Å². The average Bonchev–Trinajstić information content (AvgIpc) is 2.98. The SMILES string of the molecule is CCC(O)c1cccc(S(=O)(=O)NCc2cscn2)c1. The molecule has 0 aliphatic rings. The van der Waals surface area contributed by atoms with Crippen molar-refractivity contribution in [1.82, 2.24) is 9.71 Å². The number of thiazole rings is 1. The Morgan fingerprint density at radius 3 is 2.90 bits per heavy atom. The summed E-state index contributed by atoms with van der Waals surface area (Å²) in [4.78, 5) is 4.17. The standard InChI is InChI=1S/C13H16N2O3S2/c1-2-13(16)10-4-3-5-12(6-10)20(17,18)15-7-11-8-19-9-14-11/h3-6,8-9,13,15-16H,2,7H2,1H3. The lowest BCUT2D eigenvalue weighted by Gasteiger charge is -2.11. The smallest absolute Gasteiger partial charge is 0.240 e. The van der Waals surface area contributed by atoms with Crippen molar-refractivity contribution in [3.05, 3.63) is 46.4 Å². The number of rotatable bonds is 6. The van der Waals surface area contributed by atoms with E-state index in [1.165, 1.54) is 23.5 Å². The minimum Gasteiger partial charge on any atom is -0.388 e. The van der Waals surface area contributed by atoms with Crippen molar-refractivity contribution >= 4 is 21.4 Å². The Labute approximate surface area is 122 Å². The van der Waals surface area contributed by atoms with Gasteiger partial charge in [0.15, 0.2) is 0 Å². The number of hydrogen-bond acceptors (Lipinski definition) is 5. The van der Waals surface area contributed by atoms with Gasteiger partial charge in [0.05, 0.1) is 28.7 Å². The monoisotopic (exact) mass is 312 g/mol. The number of hydrogen-bond donors (Lipinski definition) is 2. The van der Waals surface area contributed by atoms with E-state index >= 15 is 0 Å². The highest BCUT2D eigenvalue weighted by Gasteiger charge is 2.16. The zero-order chi connectivity index (χ0) is 14.6. The van der Waals surface area contributed by atoms with Crippen molar-refractivity contribution in [3.63, 3.8) is 0 Å². The van der Waals surface area contributed by atoms with Gasteiger partial charge in [-0.25, -0.2) is 18.1 Å². The summed E-state index contributed by atoms with van der Waals surface area (Å²) in [5.74, 6) is 0. The minimum absolute atomic E-state index is 0.151. The molecule has 0 spiro atoms. The van der Waals surface area contributed by atoms with Crippen molar-refractivity contribution in [1.29, 1.82) is 0 Å². The lowest BCUT2D eigenvalue weighted by atomic mass is 10.1. The molecule has 108 valence electrons. The van der Waals surface area contributed by atoms with E-state index in [0.29, 0.717) is 17.7 Å². The molecule has 0 fully saturated rings. The van der Waals surface area contributed by atoms with Crippen LogP contribution in [0.2, 0.25) is 0 Å². The van der Waals surface area contributed by atoms with Gasteiger partial charge in [-0.15, -0.1) is 11.3 Å². The molecule has 1 heterocycles. The van der Waals surface area contributed by atoms with Crippen molar-refractivity contribution in [2.24, 2.45) is 0 Å². The summed E-state index contributed by atoms with van der Waals surface area (Å²) in [6.07, 6.45) is -0.112. The van der Waals surface area contributed by atoms with E-state index in [0.717, 1.165) is 0 Å². The molecular weight excluding hydrogens is 296 g/mol. The molecule has 2 rings (SSSR count). The van der Waals surface area contributed by atoms with Gasteiger partial charge in [0.1, 0.15) is 0 Å². The topological polar surface area (TPSA) is 79.3 Å². The molecule has 0 aliphatic carbocycles. The first-order valence-corrected chi connectivity index (χ1v) is 8.60. The zero-order valence-corrected chi connectivity index (χ0v) is 12.6. The molecule has 0 radical (unpaired) electrons. The normalized spacial score (nSPS) is 13.3. The average molecular weight is 312 g/mol. The van der Waals surface area contributed by atoms with Crippen LogP contribution in [0.3, 0.4) is 0 Å². The number of nitrogens with one attached hydrogen (secondary N) is 1. The number of sulfonamides is 1. The highest BCUT2D eigenvalue weighted by Crippen LogP contribution is 2.20. The number of aromatic nitrogens is 1. The minimum atomic E-state index is -3.60. The van der Waals surface area contributed by atoms with Gasteiger partial charge in [-0.2, -0.15) is 0 Å². The second-order valence-corrected chi connectivity index (χ2v) is 6.79. The Morgan fingerprint density at radius 1 is 1.45 bits per heavy atom. The quantitative estimate of drug-likeness (QED) is 0.856. The van der Waals surface area contributed by atoms with Gasteiger partial charge in [-0.05, 0) is 24.1 Å². The van der Waals surface area contributed by atoms with E-state index in [1.54, 1.807) is 23.0 Å². The summed E-state index contributed by atoms with van der Waals surface area (Å²) < 4.78 is 26.8. The molecule has 2 aromatic rings. The van der Waals surface area contributed by atoms with Crippen molar-refractivity contribution in [2.45, 2.75) is 30.9 Å². The zero-order valence-electron chi connectivity index (χ0n) is 11.0. The molecule has 0 saturated carbocycles. The van der Waals surface area contributed by atoms with Crippen LogP contribution in [0, 0.1) is 0 Å². The van der Waals surface area contributed by atoms with Crippen LogP contribution in [-0.4, -0.2) is 18.5 Å². The molecule has 1 aromatic heterocycles. The maximum atomic E-state index is 12.2. The van der Waals surface area contributed by atoms with Gasteiger partial charge in [0.25, 0.3) is 0 Å². The summed E-state index contributed by atoms with van der Waals surface area (Å²) in [6, 6.07) is 6.35. The predicted octanol–water partition coefficient (Wildman–Crippen LogP) is 2.07. The summed E-state index contributed by atoms with van der Waals surface area (Å²) in [5.41, 5.74) is 2.94. The maximum absolute atomic E-state index is 12.2. The van der Waals surface area contributed by atoms with Crippen molar-refractivity contribution < 1.29 is 13.5 Å². The third-order valence-electron chi connectivity index (χ3n) is 2.87. The fourth-order valence-corrected chi connectivity index (χ4v) is 3.31. The van der Waals surface area contributed by atoms with Crippen molar-refractivity contribution in [3.8, 4) is 0 Å². The van der Waals surface area contributed by atoms with Crippen LogP contribution in [0.1, 0.15) is 30.7 Å². The van der Waals surface area contributed by atoms with Crippen LogP contribution in [-0.2, 0) is 16.6 Å². The fraction of sp³-hybridized carbons (Fsp3) is 0.308. The molecule has 20 heavy (non-hydrogen) atoms.